The number of carbonyl (C=O) groups excluding carboxylic acids is 11. The van der Waals surface area contributed by atoms with Crippen molar-refractivity contribution in [3.8, 4) is 0 Å². The molecule has 1 aliphatic rings. The number of carbonyl (C=O) groups is 11. The third kappa shape index (κ3) is 25.3. The number of aliphatic hydroxyl groups is 2. The SMILES string of the molecule is CC[C@@H]1NC(=O)C([C@H](O)[C@H](C)CCCc2cccc(N)c2)N(C)C(=O)[C@H](C(C)C)N(C)C(=O)[C@H](CC(C)C)N(C)C(=O)[C@@H](CC(C)C)N(C)C(=O)C(C)NC(=O)[C@@H](C)NC(=O)[C@@H](CC(C)C)N(C)C(=O)[C@@H](C(C)C)NC(=O)[C@H](CC(C)C)N(C)C(=O)[C@@H](CSCCCCO)N(C)C1=O. The zero-order chi connectivity index (χ0) is 75.1. The largest absolute Gasteiger partial charge is 0.399 e. The predicted molar refractivity (Wildman–Crippen MR) is 385 cm³/mol. The lowest BCUT2D eigenvalue weighted by molar-refractivity contribution is -0.157. The summed E-state index contributed by atoms with van der Waals surface area (Å²) in [4.78, 5) is 173. The van der Waals surface area contributed by atoms with Crippen molar-refractivity contribution in [3.05, 3.63) is 29.8 Å². The summed E-state index contributed by atoms with van der Waals surface area (Å²) in [5.74, 6) is -9.55. The van der Waals surface area contributed by atoms with Crippen LogP contribution in [0.15, 0.2) is 24.3 Å². The second kappa shape index (κ2) is 41.3. The van der Waals surface area contributed by atoms with Crippen LogP contribution < -0.4 is 27.0 Å². The Morgan fingerprint density at radius 2 is 0.929 bits per heavy atom. The zero-order valence-electron chi connectivity index (χ0n) is 63.5. The van der Waals surface area contributed by atoms with Gasteiger partial charge in [-0.05, 0) is 143 Å². The van der Waals surface area contributed by atoms with Crippen molar-refractivity contribution in [2.24, 2.45) is 41.4 Å². The molecule has 25 nitrogen and oxygen atoms in total. The van der Waals surface area contributed by atoms with Crippen molar-refractivity contribution < 1.29 is 63.0 Å². The molecular weight excluding hydrogens is 1270 g/mol. The number of anilines is 1. The highest BCUT2D eigenvalue weighted by Crippen LogP contribution is 2.27. The maximum absolute atomic E-state index is 15.5. The van der Waals surface area contributed by atoms with Crippen LogP contribution in [0.5, 0.6) is 0 Å². The van der Waals surface area contributed by atoms with Gasteiger partial charge in [0.2, 0.25) is 65.0 Å². The van der Waals surface area contributed by atoms with Crippen molar-refractivity contribution in [3.63, 3.8) is 0 Å². The van der Waals surface area contributed by atoms with Crippen molar-refractivity contribution in [1.82, 2.24) is 55.6 Å². The number of amides is 11. The van der Waals surface area contributed by atoms with Crippen molar-refractivity contribution in [2.45, 2.75) is 248 Å². The number of benzene rings is 1. The van der Waals surface area contributed by atoms with E-state index in [0.29, 0.717) is 43.5 Å². The minimum absolute atomic E-state index is 0.0208. The fourth-order valence-corrected chi connectivity index (χ4v) is 13.7. The summed E-state index contributed by atoms with van der Waals surface area (Å²) >= 11 is 1.35. The first kappa shape index (κ1) is 87.5. The summed E-state index contributed by atoms with van der Waals surface area (Å²) < 4.78 is 0. The van der Waals surface area contributed by atoms with Gasteiger partial charge in [-0.1, -0.05) is 109 Å². The number of unbranched alkanes of at least 4 members (excludes halogenated alkanes) is 1. The number of nitrogens with two attached hydrogens (primary N) is 1. The molecule has 0 aromatic heterocycles. The number of aliphatic hydroxyl groups excluding tert-OH is 2. The number of nitrogen functional groups attached to an aromatic ring is 1. The number of nitrogens with zero attached hydrogens (tertiary/aromatic N) is 7. The smallest absolute Gasteiger partial charge is 0.246 e. The average Bonchev–Trinajstić information content (AvgIpc) is 0.807. The molecule has 1 aromatic rings. The van der Waals surface area contributed by atoms with Crippen LogP contribution in [-0.2, 0) is 59.2 Å². The molecule has 558 valence electrons. The van der Waals surface area contributed by atoms with Crippen LogP contribution in [0.4, 0.5) is 5.69 Å². The lowest BCUT2D eigenvalue weighted by atomic mass is 9.89. The van der Waals surface area contributed by atoms with E-state index in [2.05, 4.69) is 21.3 Å². The van der Waals surface area contributed by atoms with Gasteiger partial charge in [0.05, 0.1) is 6.10 Å². The number of hydrogen-bond donors (Lipinski definition) is 7. The van der Waals surface area contributed by atoms with Gasteiger partial charge in [-0.3, -0.25) is 52.7 Å². The standard InChI is InChI=1S/C72H126N12O13S/c1-24-52-67(92)82(21)57(40-98-34-26-25-33-85)70(95)78(17)54(36-42(4)5)64(89)77-58(45(10)11)71(96)79(18)53(35-41(2)3)63(88)74-48(15)62(87)75-49(16)66(91)80(19)55(37-43(6)7)68(93)81(20)56(38-44(8)9)69(94)83(22)59(46(12)13)72(97)84(23)60(65(90)76-52)61(86)47(14)29-27-30-50-31-28-32-51(73)39-50/h28,31-32,39,41-49,52-61,85-86H,24-27,29-30,33-38,40,73H2,1-23H3,(H,74,88)(H,75,87)(H,76,90)(H,77,89)/t47-,48-,49?,52+,53-,54+,55-,56+,57-,58-,59+,60?,61-/m1/s1. The van der Waals surface area contributed by atoms with Crippen molar-refractivity contribution in [2.75, 3.05) is 73.2 Å². The summed E-state index contributed by atoms with van der Waals surface area (Å²) in [6.07, 6.45) is 1.52. The van der Waals surface area contributed by atoms with E-state index in [0.717, 1.165) is 10.5 Å². The molecule has 13 atom stereocenters. The predicted octanol–water partition coefficient (Wildman–Crippen LogP) is 4.78. The van der Waals surface area contributed by atoms with Crippen LogP contribution in [-0.4, -0.2) is 250 Å². The van der Waals surface area contributed by atoms with Crippen LogP contribution in [0.2, 0.25) is 0 Å². The summed E-state index contributed by atoms with van der Waals surface area (Å²) in [6.45, 7) is 28.1. The van der Waals surface area contributed by atoms with Crippen molar-refractivity contribution >= 4 is 82.4 Å². The average molecular weight is 1400 g/mol. The Morgan fingerprint density at radius 1 is 0.480 bits per heavy atom. The highest BCUT2D eigenvalue weighted by molar-refractivity contribution is 7.99. The molecule has 0 aliphatic carbocycles. The first-order chi connectivity index (χ1) is 45.6. The van der Waals surface area contributed by atoms with Gasteiger partial charge in [0, 0.05) is 67.4 Å². The fourth-order valence-electron chi connectivity index (χ4n) is 12.6. The monoisotopic (exact) mass is 1400 g/mol. The maximum Gasteiger partial charge on any atom is 0.246 e. The van der Waals surface area contributed by atoms with Gasteiger partial charge < -0.3 is 71.5 Å². The normalized spacial score (nSPS) is 25.6. The number of aryl methyl sites for hydroxylation is 1. The Morgan fingerprint density at radius 3 is 1.42 bits per heavy atom. The lowest BCUT2D eigenvalue weighted by Crippen LogP contribution is -2.64. The van der Waals surface area contributed by atoms with E-state index in [-0.39, 0.29) is 68.1 Å². The van der Waals surface area contributed by atoms with Crippen molar-refractivity contribution in [1.29, 1.82) is 0 Å². The molecule has 2 unspecified atom stereocenters. The number of hydrogen-bond acceptors (Lipinski definition) is 15. The Bertz CT molecular complexity index is 2800. The molecule has 1 saturated heterocycles. The molecule has 1 aromatic carbocycles. The molecule has 1 heterocycles. The second-order valence-electron chi connectivity index (χ2n) is 29.6. The van der Waals surface area contributed by atoms with Gasteiger partial charge in [0.15, 0.2) is 0 Å². The van der Waals surface area contributed by atoms with E-state index >= 15 is 28.8 Å². The van der Waals surface area contributed by atoms with Crippen LogP contribution in [0, 0.1) is 41.4 Å². The zero-order valence-corrected chi connectivity index (χ0v) is 64.3. The molecule has 2 rings (SSSR count). The Labute approximate surface area is 590 Å². The Hall–Kier alpha value is -6.54. The first-order valence-electron chi connectivity index (χ1n) is 35.4. The molecule has 0 radical (unpaired) electrons. The molecule has 0 spiro atoms. The Kier molecular flexibility index (Phi) is 36.9. The summed E-state index contributed by atoms with van der Waals surface area (Å²) in [5.41, 5.74) is 7.64. The number of likely N-dealkylation sites (N-methyl/N-ethyl adjacent to an activating group) is 7. The molecule has 0 saturated carbocycles. The molecule has 8 N–H and O–H groups in total. The van der Waals surface area contributed by atoms with E-state index in [4.69, 9.17) is 5.73 Å². The van der Waals surface area contributed by atoms with Crippen LogP contribution in [0.25, 0.3) is 0 Å². The summed E-state index contributed by atoms with van der Waals surface area (Å²) in [5, 5.41) is 33.4. The van der Waals surface area contributed by atoms with E-state index in [1.807, 2.05) is 73.6 Å². The molecule has 1 fully saturated rings. The minimum atomic E-state index is -1.67. The van der Waals surface area contributed by atoms with Crippen LogP contribution in [0.3, 0.4) is 0 Å². The van der Waals surface area contributed by atoms with E-state index in [1.165, 1.54) is 104 Å². The van der Waals surface area contributed by atoms with Gasteiger partial charge >= 0.3 is 0 Å². The molecule has 1 aliphatic heterocycles. The van der Waals surface area contributed by atoms with E-state index in [1.54, 1.807) is 47.6 Å². The topological polar surface area (TPSA) is 325 Å². The summed E-state index contributed by atoms with van der Waals surface area (Å²) in [6, 6.07) is -6.59. The van der Waals surface area contributed by atoms with Gasteiger partial charge in [0.1, 0.15) is 66.5 Å². The van der Waals surface area contributed by atoms with E-state index < -0.39 is 155 Å². The lowest BCUT2D eigenvalue weighted by Gasteiger charge is -2.41. The Balaban J connectivity index is 3.12. The van der Waals surface area contributed by atoms with E-state index in [9.17, 15) is 34.2 Å². The maximum atomic E-state index is 15.5. The second-order valence-corrected chi connectivity index (χ2v) is 30.8. The molecular formula is C72H126N12O13S. The van der Waals surface area contributed by atoms with Gasteiger partial charge in [-0.15, -0.1) is 0 Å². The van der Waals surface area contributed by atoms with Gasteiger partial charge in [-0.25, -0.2) is 0 Å². The third-order valence-electron chi connectivity index (χ3n) is 18.7. The van der Waals surface area contributed by atoms with Crippen LogP contribution in [0.1, 0.15) is 174 Å². The molecule has 11 amide bonds. The van der Waals surface area contributed by atoms with Gasteiger partial charge in [0.25, 0.3) is 0 Å². The number of thioether (sulfide) groups is 1. The highest BCUT2D eigenvalue weighted by atomic mass is 32.2. The highest BCUT2D eigenvalue weighted by Gasteiger charge is 2.46. The number of rotatable bonds is 23. The molecule has 98 heavy (non-hydrogen) atoms. The third-order valence-corrected chi connectivity index (χ3v) is 19.8. The first-order valence-corrected chi connectivity index (χ1v) is 36.5. The number of nitrogens with one attached hydrogen (secondary N) is 4. The van der Waals surface area contributed by atoms with Gasteiger partial charge in [-0.2, -0.15) is 11.8 Å². The molecule has 26 heteroatoms. The quantitative estimate of drug-likeness (QED) is 0.0573. The fraction of sp³-hybridized carbons (Fsp3) is 0.764. The molecule has 0 bridgehead atoms. The minimum Gasteiger partial charge on any atom is -0.399 e. The van der Waals surface area contributed by atoms with Crippen LogP contribution >= 0.6 is 11.8 Å². The summed E-state index contributed by atoms with van der Waals surface area (Å²) in [7, 11) is 10.0.